The van der Waals surface area contributed by atoms with Crippen LogP contribution < -0.4 is 10.5 Å². The zero-order valence-electron chi connectivity index (χ0n) is 14.5. The Morgan fingerprint density at radius 1 is 1.20 bits per heavy atom. The van der Waals surface area contributed by atoms with Crippen molar-refractivity contribution in [3.8, 4) is 0 Å². The van der Waals surface area contributed by atoms with Gasteiger partial charge in [0.05, 0.1) is 11.4 Å². The maximum atomic E-state index is 12.6. The summed E-state index contributed by atoms with van der Waals surface area (Å²) >= 11 is 0. The highest BCUT2D eigenvalue weighted by atomic mass is 32.2. The molecule has 0 unspecified atom stereocenters. The highest BCUT2D eigenvalue weighted by Crippen LogP contribution is 2.37. The van der Waals surface area contributed by atoms with E-state index in [0.29, 0.717) is 12.2 Å². The van der Waals surface area contributed by atoms with Gasteiger partial charge in [0.1, 0.15) is 0 Å². The second kappa shape index (κ2) is 7.03. The number of aliphatic imine (C=N–C) groups is 1. The van der Waals surface area contributed by atoms with E-state index in [4.69, 9.17) is 5.73 Å². The van der Waals surface area contributed by atoms with Crippen LogP contribution in [0.1, 0.15) is 38.5 Å². The van der Waals surface area contributed by atoms with Crippen molar-refractivity contribution in [3.05, 3.63) is 24.3 Å². The molecule has 0 saturated heterocycles. The van der Waals surface area contributed by atoms with E-state index >= 15 is 0 Å². The molecule has 2 aliphatic rings. The molecule has 1 spiro atoms. The number of sulfonamides is 1. The molecule has 0 atom stereocenters. The third kappa shape index (κ3) is 3.95. The van der Waals surface area contributed by atoms with Crippen LogP contribution in [-0.2, 0) is 10.0 Å². The van der Waals surface area contributed by atoms with E-state index in [1.807, 2.05) is 6.21 Å². The SMILES string of the molecule is CN=C(NS(=O)(=O)c1ccc(N)cc1)N1CC2(C=N1)CCCCCC2. The fourth-order valence-corrected chi connectivity index (χ4v) is 4.51. The van der Waals surface area contributed by atoms with E-state index in [-0.39, 0.29) is 16.3 Å². The molecule has 1 fully saturated rings. The minimum atomic E-state index is -3.73. The zero-order chi connectivity index (χ0) is 17.9. The lowest BCUT2D eigenvalue weighted by Crippen LogP contribution is -2.43. The zero-order valence-corrected chi connectivity index (χ0v) is 15.3. The molecule has 0 radical (unpaired) electrons. The lowest BCUT2D eigenvalue weighted by atomic mass is 9.82. The van der Waals surface area contributed by atoms with Crippen LogP contribution >= 0.6 is 0 Å². The highest BCUT2D eigenvalue weighted by molar-refractivity contribution is 7.90. The number of rotatable bonds is 2. The Morgan fingerprint density at radius 3 is 2.44 bits per heavy atom. The van der Waals surface area contributed by atoms with Crippen LogP contribution in [0.5, 0.6) is 0 Å². The van der Waals surface area contributed by atoms with Gasteiger partial charge in [-0.1, -0.05) is 25.7 Å². The Hall–Kier alpha value is -2.09. The summed E-state index contributed by atoms with van der Waals surface area (Å²) in [6, 6.07) is 6.08. The molecule has 1 aromatic carbocycles. The average molecular weight is 363 g/mol. The summed E-state index contributed by atoms with van der Waals surface area (Å²) in [4.78, 5) is 4.26. The minimum Gasteiger partial charge on any atom is -0.399 e. The summed E-state index contributed by atoms with van der Waals surface area (Å²) in [5.41, 5.74) is 6.18. The Kier molecular flexibility index (Phi) is 4.99. The number of guanidine groups is 1. The van der Waals surface area contributed by atoms with Crippen molar-refractivity contribution in [3.63, 3.8) is 0 Å². The topological polar surface area (TPSA) is 100 Å². The van der Waals surface area contributed by atoms with Gasteiger partial charge >= 0.3 is 0 Å². The van der Waals surface area contributed by atoms with Crippen LogP contribution in [0.15, 0.2) is 39.3 Å². The molecule has 0 aromatic heterocycles. The van der Waals surface area contributed by atoms with Crippen LogP contribution in [0.4, 0.5) is 5.69 Å². The molecule has 0 bridgehead atoms. The van der Waals surface area contributed by atoms with Gasteiger partial charge in [0, 0.05) is 24.4 Å². The van der Waals surface area contributed by atoms with Crippen molar-refractivity contribution in [1.82, 2.24) is 9.73 Å². The van der Waals surface area contributed by atoms with E-state index in [0.717, 1.165) is 12.8 Å². The molecule has 1 saturated carbocycles. The number of hydrazone groups is 1. The summed E-state index contributed by atoms with van der Waals surface area (Å²) in [7, 11) is -2.16. The van der Waals surface area contributed by atoms with Crippen molar-refractivity contribution in [2.75, 3.05) is 19.3 Å². The van der Waals surface area contributed by atoms with Gasteiger partial charge in [-0.2, -0.15) is 5.10 Å². The van der Waals surface area contributed by atoms with E-state index in [2.05, 4.69) is 14.8 Å². The van der Waals surface area contributed by atoms with Crippen molar-refractivity contribution in [2.45, 2.75) is 43.4 Å². The average Bonchev–Trinajstić information content (AvgIpc) is 2.86. The number of hydrogen-bond donors (Lipinski definition) is 2. The highest BCUT2D eigenvalue weighted by Gasteiger charge is 2.37. The quantitative estimate of drug-likeness (QED) is 0.478. The number of nitrogen functional groups attached to an aromatic ring is 1. The van der Waals surface area contributed by atoms with Gasteiger partial charge in [-0.25, -0.2) is 18.1 Å². The summed E-state index contributed by atoms with van der Waals surface area (Å²) in [5.74, 6) is 0.245. The van der Waals surface area contributed by atoms with Crippen LogP contribution in [0.2, 0.25) is 0 Å². The fourth-order valence-electron chi connectivity index (χ4n) is 3.46. The smallest absolute Gasteiger partial charge is 0.264 e. The molecule has 1 aliphatic carbocycles. The third-order valence-corrected chi connectivity index (χ3v) is 6.25. The molecule has 8 heteroatoms. The number of benzene rings is 1. The molecule has 0 amide bonds. The first kappa shape index (κ1) is 17.7. The van der Waals surface area contributed by atoms with Gasteiger partial charge in [0.15, 0.2) is 0 Å². The lowest BCUT2D eigenvalue weighted by Gasteiger charge is -2.26. The Morgan fingerprint density at radius 2 is 1.84 bits per heavy atom. The second-order valence-corrected chi connectivity index (χ2v) is 8.48. The van der Waals surface area contributed by atoms with E-state index < -0.39 is 10.0 Å². The molecule has 1 heterocycles. The van der Waals surface area contributed by atoms with Crippen molar-refractivity contribution < 1.29 is 8.42 Å². The molecule has 3 rings (SSSR count). The Balaban J connectivity index is 1.73. The molecule has 3 N–H and O–H groups in total. The van der Waals surface area contributed by atoms with Gasteiger partial charge in [-0.3, -0.25) is 4.99 Å². The first-order valence-electron chi connectivity index (χ1n) is 8.62. The first-order chi connectivity index (χ1) is 11.9. The van der Waals surface area contributed by atoms with Crippen LogP contribution in [0.3, 0.4) is 0 Å². The summed E-state index contributed by atoms with van der Waals surface area (Å²) in [5, 5.41) is 6.11. The minimum absolute atomic E-state index is 0.0408. The molecule has 136 valence electrons. The molecular weight excluding hydrogens is 338 g/mol. The van der Waals surface area contributed by atoms with Crippen molar-refractivity contribution in [2.24, 2.45) is 15.5 Å². The maximum Gasteiger partial charge on any atom is 0.264 e. The Bertz CT molecular complexity index is 763. The van der Waals surface area contributed by atoms with E-state index in [1.165, 1.54) is 37.8 Å². The first-order valence-corrected chi connectivity index (χ1v) is 10.1. The molecule has 25 heavy (non-hydrogen) atoms. The van der Waals surface area contributed by atoms with Crippen LogP contribution in [0, 0.1) is 5.41 Å². The van der Waals surface area contributed by atoms with Gasteiger partial charge in [0.2, 0.25) is 5.96 Å². The van der Waals surface area contributed by atoms with Gasteiger partial charge in [-0.05, 0) is 37.1 Å². The molecule has 1 aromatic rings. The molecule has 7 nitrogen and oxygen atoms in total. The fraction of sp³-hybridized carbons (Fsp3) is 0.529. The second-order valence-electron chi connectivity index (χ2n) is 6.80. The Labute approximate surface area is 149 Å². The van der Waals surface area contributed by atoms with Crippen LogP contribution in [0.25, 0.3) is 0 Å². The van der Waals surface area contributed by atoms with Gasteiger partial charge < -0.3 is 5.73 Å². The number of nitrogens with two attached hydrogens (primary N) is 1. The normalized spacial score (nSPS) is 20.7. The lowest BCUT2D eigenvalue weighted by molar-refractivity contribution is 0.304. The number of nitrogens with zero attached hydrogens (tertiary/aromatic N) is 3. The summed E-state index contributed by atoms with van der Waals surface area (Å²) in [6.07, 6.45) is 9.07. The number of nitrogens with one attached hydrogen (secondary N) is 1. The summed E-state index contributed by atoms with van der Waals surface area (Å²) < 4.78 is 27.7. The third-order valence-electron chi connectivity index (χ3n) is 4.91. The van der Waals surface area contributed by atoms with Crippen molar-refractivity contribution in [1.29, 1.82) is 0 Å². The van der Waals surface area contributed by atoms with Crippen molar-refractivity contribution >= 4 is 27.9 Å². The van der Waals surface area contributed by atoms with Gasteiger partial charge in [0.25, 0.3) is 10.0 Å². The standard InChI is InChI=1S/C17H25N5O2S/c1-19-16(21-25(23,24)15-8-6-14(18)7-9-15)22-13-17(12-20-22)10-4-2-3-5-11-17/h6-9,12H,2-5,10-11,13,18H2,1H3,(H,19,21). The van der Waals surface area contributed by atoms with E-state index in [9.17, 15) is 8.42 Å². The largest absolute Gasteiger partial charge is 0.399 e. The number of anilines is 1. The molecular formula is C17H25N5O2S. The predicted octanol–water partition coefficient (Wildman–Crippen LogP) is 2.17. The maximum absolute atomic E-state index is 12.6. The summed E-state index contributed by atoms with van der Waals surface area (Å²) in [6.45, 7) is 0.671. The number of hydrogen-bond acceptors (Lipinski definition) is 5. The van der Waals surface area contributed by atoms with Gasteiger partial charge in [-0.15, -0.1) is 0 Å². The predicted molar refractivity (Wildman–Crippen MR) is 99.9 cm³/mol. The monoisotopic (exact) mass is 363 g/mol. The van der Waals surface area contributed by atoms with Crippen LogP contribution in [-0.4, -0.2) is 39.2 Å². The molecule has 1 aliphatic heterocycles. The van der Waals surface area contributed by atoms with E-state index in [1.54, 1.807) is 24.2 Å².